The summed E-state index contributed by atoms with van der Waals surface area (Å²) in [4.78, 5) is 104. The average Bonchev–Trinajstić information content (AvgIpc) is 0.668. The first-order valence-electron chi connectivity index (χ1n) is 46.0. The van der Waals surface area contributed by atoms with Gasteiger partial charge in [-0.15, -0.1) is 0 Å². The summed E-state index contributed by atoms with van der Waals surface area (Å²) >= 11 is 0. The lowest BCUT2D eigenvalue weighted by Gasteiger charge is -2.37. The summed E-state index contributed by atoms with van der Waals surface area (Å²) in [6.45, 7) is 25.5. The first-order chi connectivity index (χ1) is 63.0. The van der Waals surface area contributed by atoms with Gasteiger partial charge < -0.3 is 55.0 Å². The van der Waals surface area contributed by atoms with Gasteiger partial charge in [0, 0.05) is 111 Å². The SMILES string of the molecule is CO[Si](CC1CCCC(OC(=O)C(Cc2cccc3ccccc23)N2C(=O)c3cc(Oc4ccc(C(C)(C)C)cc4)c4c5c(Oc6ccc(C(C)(C)C)cc6)cc6c7c(cc(Oc8ccc(C(C)(C)C)cc8)c(c8c(Oc9ccc(C(C)(C)C)cc9)cc(c3c48)C2=O)c75)C(=O)N(C(Cc2cccc3ccccc23)C(=O)OC2CCCC(C[Si](OC)(OC)OC)C2)C6=O)C1)(OC)OC. The number of rotatable bonds is 28. The van der Waals surface area contributed by atoms with Crippen molar-refractivity contribution in [2.75, 3.05) is 42.7 Å². The van der Waals surface area contributed by atoms with Crippen molar-refractivity contribution in [3.63, 3.8) is 0 Å². The first-order valence-corrected chi connectivity index (χ1v) is 49.8. The van der Waals surface area contributed by atoms with Crippen LogP contribution in [0.5, 0.6) is 46.0 Å². The molecule has 2 aliphatic carbocycles. The van der Waals surface area contributed by atoms with Gasteiger partial charge in [-0.05, 0) is 200 Å². The lowest BCUT2D eigenvalue weighted by molar-refractivity contribution is -0.156. The van der Waals surface area contributed by atoms with Crippen molar-refractivity contribution in [3.05, 3.63) is 262 Å². The molecule has 20 nitrogen and oxygen atoms in total. The third-order valence-corrected chi connectivity index (χ3v) is 33.4. The minimum Gasteiger partial charge on any atom is -0.461 e. The third-order valence-electron chi connectivity index (χ3n) is 27.5. The molecule has 22 heteroatoms. The number of esters is 2. The van der Waals surface area contributed by atoms with Gasteiger partial charge in [-0.1, -0.05) is 229 Å². The largest absolute Gasteiger partial charge is 0.500 e. The molecule has 684 valence electrons. The minimum absolute atomic E-state index is 0.0151. The number of benzene rings is 13. The second-order valence-corrected chi connectivity index (χ2v) is 46.1. The maximum absolute atomic E-state index is 17.4. The number of nitrogens with zero attached hydrogens (tertiary/aromatic N) is 2. The molecule has 13 aromatic rings. The number of imide groups is 2. The van der Waals surface area contributed by atoms with Crippen LogP contribution in [-0.2, 0) is 80.1 Å². The topological polar surface area (TPSA) is 220 Å². The smallest absolute Gasteiger partial charge is 0.461 e. The van der Waals surface area contributed by atoms with Gasteiger partial charge in [-0.3, -0.25) is 29.0 Å². The molecule has 0 N–H and O–H groups in total. The van der Waals surface area contributed by atoms with Crippen LogP contribution in [-0.4, -0.2) is 130 Å². The molecule has 132 heavy (non-hydrogen) atoms. The first kappa shape index (κ1) is 92.2. The predicted octanol–water partition coefficient (Wildman–Crippen LogP) is 24.8. The van der Waals surface area contributed by atoms with Crippen molar-refractivity contribution in [2.45, 2.75) is 205 Å². The highest BCUT2D eigenvalue weighted by molar-refractivity contribution is 6.61. The number of hydrogen-bond donors (Lipinski definition) is 0. The van der Waals surface area contributed by atoms with E-state index in [9.17, 15) is 0 Å². The molecule has 0 radical (unpaired) electrons. The number of fused-ring (bicyclic) bond motifs is 4. The zero-order valence-electron chi connectivity index (χ0n) is 78.8. The summed E-state index contributed by atoms with van der Waals surface area (Å²) in [6.07, 6.45) is 3.33. The molecule has 2 fully saturated rings. The van der Waals surface area contributed by atoms with E-state index in [0.717, 1.165) is 66.4 Å². The van der Waals surface area contributed by atoms with E-state index in [-0.39, 0.29) is 135 Å². The molecule has 6 unspecified atom stereocenters. The maximum Gasteiger partial charge on any atom is 0.500 e. The lowest BCUT2D eigenvalue weighted by atomic mass is 9.80. The van der Waals surface area contributed by atoms with E-state index < -0.39 is 77.5 Å². The van der Waals surface area contributed by atoms with Gasteiger partial charge in [0.15, 0.2) is 0 Å². The summed E-state index contributed by atoms with van der Waals surface area (Å²) in [5, 5.41) is 5.36. The molecule has 0 saturated heterocycles. The van der Waals surface area contributed by atoms with Crippen molar-refractivity contribution >= 4 is 118 Å². The second kappa shape index (κ2) is 36.4. The molecular weight excluding hydrogens is 1690 g/mol. The third kappa shape index (κ3) is 17.8. The molecule has 2 saturated carbocycles. The fraction of sp³-hybridized carbons (Fsp3) is 0.364. The van der Waals surface area contributed by atoms with Gasteiger partial charge >= 0.3 is 29.5 Å². The summed E-state index contributed by atoms with van der Waals surface area (Å²) in [6, 6.07) is 62.4. The van der Waals surface area contributed by atoms with Gasteiger partial charge in [-0.2, -0.15) is 0 Å². The zero-order chi connectivity index (χ0) is 93.4. The van der Waals surface area contributed by atoms with Gasteiger partial charge in [-0.25, -0.2) is 9.59 Å². The molecule has 0 aromatic heterocycles. The van der Waals surface area contributed by atoms with E-state index in [1.807, 2.05) is 182 Å². The van der Waals surface area contributed by atoms with Crippen molar-refractivity contribution in [1.82, 2.24) is 9.80 Å². The molecule has 4 aliphatic rings. The van der Waals surface area contributed by atoms with E-state index in [2.05, 4.69) is 83.1 Å². The van der Waals surface area contributed by atoms with E-state index in [4.69, 9.17) is 55.0 Å². The Bertz CT molecular complexity index is 5940. The van der Waals surface area contributed by atoms with Crippen LogP contribution in [0, 0.1) is 11.8 Å². The van der Waals surface area contributed by atoms with Crippen LogP contribution in [0.3, 0.4) is 0 Å². The average molecular weight is 1810 g/mol. The summed E-state index contributed by atoms with van der Waals surface area (Å²) in [7, 11) is 3.24. The molecule has 4 amide bonds. The van der Waals surface area contributed by atoms with Crippen LogP contribution >= 0.6 is 0 Å². The molecule has 17 rings (SSSR count). The van der Waals surface area contributed by atoms with Crippen LogP contribution in [0.25, 0.3) is 64.6 Å². The number of carbonyl (C=O) groups excluding carboxylic acids is 6. The Balaban J connectivity index is 0.964. The van der Waals surface area contributed by atoms with Crippen molar-refractivity contribution in [2.24, 2.45) is 11.8 Å². The lowest BCUT2D eigenvalue weighted by Crippen LogP contribution is -2.53. The Labute approximate surface area is 774 Å². The van der Waals surface area contributed by atoms with Gasteiger partial charge in [0.25, 0.3) is 23.6 Å². The molecule has 2 aliphatic heterocycles. The standard InChI is InChI=1S/C110H118N2O18Si2/c1-107(2,3)71-39-47-75(48-40-71)125-89-59-83-93-84(102(114)111(101(83)113)87(57-69-33-25-31-67-29-19-21-37-81(67)69)105(117)129-79-35-23-27-65(55-79)63-131(119-13,120-14)121-15)61-91(127-77-51-43-73(44-52-77)109(7,8)9)97-98-92(128-78-53-45-74(46-54-78)110(10,11)12)62-86-94-85(60-90(96(100(94)98)95(89)99(93)97)126-76-49-41-72(42-50-76)108(4,5)6)103(115)112(104(86)116)88(58-70-34-26-32-68-30-20-22-38-82(68)70)106(118)130-80-36-24-28-66(56-80)64-132(122-16,123-17)124-18/h19-22,25-26,29-34,37-54,59-62,65-66,79-80,87-88H,23-24,27-28,35-36,55-58,63-64H2,1-18H3. The number of hydrogen-bond acceptors (Lipinski definition) is 18. The van der Waals surface area contributed by atoms with Gasteiger partial charge in [0.05, 0.1) is 22.3 Å². The summed E-state index contributed by atoms with van der Waals surface area (Å²) < 4.78 is 79.6. The van der Waals surface area contributed by atoms with Crippen LogP contribution in [0.15, 0.2) is 206 Å². The highest BCUT2D eigenvalue weighted by Crippen LogP contribution is 2.59. The molecular formula is C110H118N2O18Si2. The molecule has 0 spiro atoms. The van der Waals surface area contributed by atoms with Crippen LogP contribution in [0.2, 0.25) is 12.1 Å². The van der Waals surface area contributed by atoms with Crippen LogP contribution < -0.4 is 18.9 Å². The van der Waals surface area contributed by atoms with Crippen molar-refractivity contribution in [1.29, 1.82) is 0 Å². The van der Waals surface area contributed by atoms with Crippen LogP contribution in [0.1, 0.15) is 209 Å². The minimum atomic E-state index is -3.13. The Hall–Kier alpha value is -11.7. The Morgan fingerprint density at radius 2 is 0.598 bits per heavy atom. The second-order valence-electron chi connectivity index (χ2n) is 40.1. The number of carbonyl (C=O) groups is 6. The van der Waals surface area contributed by atoms with E-state index >= 15 is 28.8 Å². The fourth-order valence-electron chi connectivity index (χ4n) is 20.2. The van der Waals surface area contributed by atoms with Crippen molar-refractivity contribution in [3.8, 4) is 46.0 Å². The normalized spacial score (nSPS) is 17.6. The van der Waals surface area contributed by atoms with Gasteiger partial charge in [0.2, 0.25) is 0 Å². The van der Waals surface area contributed by atoms with Crippen LogP contribution in [0.4, 0.5) is 0 Å². The zero-order valence-corrected chi connectivity index (χ0v) is 80.8. The highest BCUT2D eigenvalue weighted by Gasteiger charge is 2.50. The Morgan fingerprint density at radius 1 is 0.333 bits per heavy atom. The number of ether oxygens (including phenoxy) is 6. The predicted molar refractivity (Wildman–Crippen MR) is 519 cm³/mol. The highest BCUT2D eigenvalue weighted by atomic mass is 28.4. The Morgan fingerprint density at radius 3 is 0.864 bits per heavy atom. The van der Waals surface area contributed by atoms with E-state index in [1.165, 1.54) is 0 Å². The molecule has 13 aromatic carbocycles. The monoisotopic (exact) mass is 1810 g/mol. The quantitative estimate of drug-likeness (QED) is 0.0146. The van der Waals surface area contributed by atoms with E-state index in [1.54, 1.807) is 66.9 Å². The maximum atomic E-state index is 17.4. The fourth-order valence-corrected chi connectivity index (χ4v) is 24.4. The van der Waals surface area contributed by atoms with Crippen molar-refractivity contribution < 1.29 is 83.7 Å². The summed E-state index contributed by atoms with van der Waals surface area (Å²) in [5.74, 6) is -3.24. The molecule has 2 heterocycles. The molecule has 6 atom stereocenters. The summed E-state index contributed by atoms with van der Waals surface area (Å²) in [5.41, 5.74) is 4.10. The number of amides is 4. The van der Waals surface area contributed by atoms with E-state index in [0.29, 0.717) is 84.7 Å². The molecule has 0 bridgehead atoms. The van der Waals surface area contributed by atoms with Gasteiger partial charge in [0.1, 0.15) is 70.3 Å². The Kier molecular flexibility index (Phi) is 25.4.